The molecule has 0 N–H and O–H groups in total. The fraction of sp³-hybridized carbons (Fsp3) is 0.111. The monoisotopic (exact) mass is 410 g/mol. The van der Waals surface area contributed by atoms with Gasteiger partial charge in [-0.3, -0.25) is 0 Å². The van der Waals surface area contributed by atoms with Crippen LogP contribution in [0.1, 0.15) is 53.6 Å². The van der Waals surface area contributed by atoms with Gasteiger partial charge in [-0.2, -0.15) is 10.5 Å². The Morgan fingerprint density at radius 3 is 1.87 bits per heavy atom. The number of hydrogen-bond donors (Lipinski definition) is 0. The molecule has 3 aromatic rings. The second-order valence-electron chi connectivity index (χ2n) is 6.95. The number of halogens is 2. The lowest BCUT2D eigenvalue weighted by atomic mass is 9.87. The Morgan fingerprint density at radius 1 is 0.839 bits per heavy atom. The van der Waals surface area contributed by atoms with Crippen molar-refractivity contribution in [1.29, 1.82) is 10.5 Å². The molecular weight excluding hydrogens is 390 g/mol. The fourth-order valence-electron chi connectivity index (χ4n) is 3.59. The average Bonchev–Trinajstić information content (AvgIpc) is 2.77. The Hall–Kier alpha value is -4.02. The van der Waals surface area contributed by atoms with E-state index in [1.165, 1.54) is 24.3 Å². The van der Waals surface area contributed by atoms with Crippen LogP contribution in [-0.4, -0.2) is 0 Å². The molecule has 0 radical (unpaired) electrons. The molecule has 4 heteroatoms. The lowest BCUT2D eigenvalue weighted by Crippen LogP contribution is -1.98. The van der Waals surface area contributed by atoms with Crippen LogP contribution in [0.15, 0.2) is 66.7 Å². The van der Waals surface area contributed by atoms with Crippen molar-refractivity contribution in [3.8, 4) is 12.1 Å². The van der Waals surface area contributed by atoms with E-state index in [4.69, 9.17) is 10.5 Å². The van der Waals surface area contributed by atoms with Gasteiger partial charge in [0, 0.05) is 0 Å². The highest BCUT2D eigenvalue weighted by molar-refractivity contribution is 5.99. The lowest BCUT2D eigenvalue weighted by molar-refractivity contribution is 0.623. The van der Waals surface area contributed by atoms with Crippen LogP contribution in [0, 0.1) is 34.3 Å². The summed E-state index contributed by atoms with van der Waals surface area (Å²) in [4.78, 5) is 0. The molecule has 0 saturated heterocycles. The van der Waals surface area contributed by atoms with Gasteiger partial charge in [-0.15, -0.1) is 0 Å². The molecule has 152 valence electrons. The van der Waals surface area contributed by atoms with Crippen LogP contribution in [-0.2, 0) is 0 Å². The van der Waals surface area contributed by atoms with Gasteiger partial charge in [-0.05, 0) is 77.1 Å². The van der Waals surface area contributed by atoms with Gasteiger partial charge in [0.15, 0.2) is 0 Å². The van der Waals surface area contributed by atoms with E-state index in [0.717, 1.165) is 16.7 Å². The Kier molecular flexibility index (Phi) is 6.75. The van der Waals surface area contributed by atoms with Crippen LogP contribution < -0.4 is 0 Å². The van der Waals surface area contributed by atoms with Crippen molar-refractivity contribution >= 4 is 17.2 Å². The Balaban J connectivity index is 2.35. The zero-order chi connectivity index (χ0) is 22.4. The van der Waals surface area contributed by atoms with Crippen molar-refractivity contribution in [2.45, 2.75) is 20.3 Å². The maximum absolute atomic E-state index is 14.5. The summed E-state index contributed by atoms with van der Waals surface area (Å²) in [5.41, 5.74) is 4.48. The van der Waals surface area contributed by atoms with E-state index in [2.05, 4.69) is 0 Å². The van der Waals surface area contributed by atoms with E-state index < -0.39 is 11.6 Å². The summed E-state index contributed by atoms with van der Waals surface area (Å²) in [7, 11) is 0. The second-order valence-corrected chi connectivity index (χ2v) is 6.95. The van der Waals surface area contributed by atoms with Crippen molar-refractivity contribution in [3.05, 3.63) is 112 Å². The maximum atomic E-state index is 14.5. The molecule has 0 atom stereocenters. The van der Waals surface area contributed by atoms with E-state index in [1.807, 2.05) is 62.4 Å². The largest absolute Gasteiger partial charge is 0.206 e. The lowest BCUT2D eigenvalue weighted by Gasteiger charge is -2.17. The second kappa shape index (κ2) is 9.65. The first-order valence-electron chi connectivity index (χ1n) is 9.88. The zero-order valence-corrected chi connectivity index (χ0v) is 17.3. The summed E-state index contributed by atoms with van der Waals surface area (Å²) >= 11 is 0. The first-order valence-corrected chi connectivity index (χ1v) is 9.88. The average molecular weight is 410 g/mol. The van der Waals surface area contributed by atoms with Gasteiger partial charge in [0.05, 0.1) is 11.1 Å². The Bertz CT molecular complexity index is 1210. The number of nitriles is 2. The van der Waals surface area contributed by atoms with Crippen molar-refractivity contribution in [2.24, 2.45) is 0 Å². The molecule has 0 amide bonds. The standard InChI is InChI=1S/C27H20F2N2/c1-3-6-18-7-5-8-19(13-18)24(4-2)27(20-9-11-22(16-30)25(28)14-20)21-10-12-23(17-31)26(29)15-21/h3,5-15H,4H2,1-2H3/b6-3+. The molecule has 0 spiro atoms. The first-order chi connectivity index (χ1) is 15.0. The summed E-state index contributed by atoms with van der Waals surface area (Å²) in [6.45, 7) is 3.92. The predicted octanol–water partition coefficient (Wildman–Crippen LogP) is 7.11. The summed E-state index contributed by atoms with van der Waals surface area (Å²) < 4.78 is 29.0. The third kappa shape index (κ3) is 4.60. The number of benzene rings is 3. The number of allylic oxidation sites excluding steroid dienone is 2. The van der Waals surface area contributed by atoms with Gasteiger partial charge in [-0.25, -0.2) is 8.78 Å². The molecule has 0 aliphatic rings. The summed E-state index contributed by atoms with van der Waals surface area (Å²) in [6, 6.07) is 20.4. The third-order valence-corrected chi connectivity index (χ3v) is 5.01. The molecule has 0 aliphatic carbocycles. The van der Waals surface area contributed by atoms with Crippen LogP contribution >= 0.6 is 0 Å². The first kappa shape index (κ1) is 21.7. The number of nitrogens with zero attached hydrogens (tertiary/aromatic N) is 2. The normalized spacial score (nSPS) is 10.5. The highest BCUT2D eigenvalue weighted by atomic mass is 19.1. The van der Waals surface area contributed by atoms with Crippen LogP contribution in [0.5, 0.6) is 0 Å². The molecule has 0 aliphatic heterocycles. The molecular formula is C27H20F2N2. The van der Waals surface area contributed by atoms with E-state index >= 15 is 0 Å². The molecule has 0 heterocycles. The summed E-state index contributed by atoms with van der Waals surface area (Å²) in [6.07, 6.45) is 4.54. The topological polar surface area (TPSA) is 47.6 Å². The SMILES string of the molecule is C/C=C/c1cccc(C(CC)=C(c2ccc(C#N)c(F)c2)c2ccc(C#N)c(F)c2)c1. The molecule has 3 rings (SSSR count). The van der Waals surface area contributed by atoms with Gasteiger partial charge in [0.1, 0.15) is 23.8 Å². The minimum atomic E-state index is -0.635. The van der Waals surface area contributed by atoms with Crippen LogP contribution in [0.2, 0.25) is 0 Å². The third-order valence-electron chi connectivity index (χ3n) is 5.01. The molecule has 0 fully saturated rings. The van der Waals surface area contributed by atoms with Gasteiger partial charge in [0.25, 0.3) is 0 Å². The van der Waals surface area contributed by atoms with Crippen LogP contribution in [0.25, 0.3) is 17.2 Å². The van der Waals surface area contributed by atoms with Crippen molar-refractivity contribution in [3.63, 3.8) is 0 Å². The Morgan fingerprint density at radius 2 is 1.42 bits per heavy atom. The summed E-state index contributed by atoms with van der Waals surface area (Å²) in [5.74, 6) is -1.27. The maximum Gasteiger partial charge on any atom is 0.141 e. The number of rotatable bonds is 5. The van der Waals surface area contributed by atoms with E-state index in [0.29, 0.717) is 23.1 Å². The quantitative estimate of drug-likeness (QED) is 0.421. The highest BCUT2D eigenvalue weighted by Crippen LogP contribution is 2.36. The van der Waals surface area contributed by atoms with Gasteiger partial charge in [0.2, 0.25) is 0 Å². The minimum absolute atomic E-state index is 0.0535. The van der Waals surface area contributed by atoms with Gasteiger partial charge < -0.3 is 0 Å². The van der Waals surface area contributed by atoms with Crippen molar-refractivity contribution in [1.82, 2.24) is 0 Å². The van der Waals surface area contributed by atoms with E-state index in [1.54, 1.807) is 12.1 Å². The van der Waals surface area contributed by atoms with Crippen molar-refractivity contribution in [2.75, 3.05) is 0 Å². The van der Waals surface area contributed by atoms with Crippen LogP contribution in [0.3, 0.4) is 0 Å². The van der Waals surface area contributed by atoms with Gasteiger partial charge >= 0.3 is 0 Å². The highest BCUT2D eigenvalue weighted by Gasteiger charge is 2.17. The molecule has 0 bridgehead atoms. The fourth-order valence-corrected chi connectivity index (χ4v) is 3.59. The van der Waals surface area contributed by atoms with Crippen LogP contribution in [0.4, 0.5) is 8.78 Å². The number of hydrogen-bond acceptors (Lipinski definition) is 2. The molecule has 2 nitrogen and oxygen atoms in total. The smallest absolute Gasteiger partial charge is 0.141 e. The molecule has 0 saturated carbocycles. The van der Waals surface area contributed by atoms with E-state index in [9.17, 15) is 8.78 Å². The molecule has 31 heavy (non-hydrogen) atoms. The van der Waals surface area contributed by atoms with Gasteiger partial charge in [-0.1, -0.05) is 49.4 Å². The molecule has 3 aromatic carbocycles. The van der Waals surface area contributed by atoms with Crippen molar-refractivity contribution < 1.29 is 8.78 Å². The minimum Gasteiger partial charge on any atom is -0.206 e. The molecule has 0 unspecified atom stereocenters. The van der Waals surface area contributed by atoms with E-state index in [-0.39, 0.29) is 11.1 Å². The summed E-state index contributed by atoms with van der Waals surface area (Å²) in [5, 5.41) is 18.2. The zero-order valence-electron chi connectivity index (χ0n) is 17.3. The Labute approximate surface area is 181 Å². The predicted molar refractivity (Wildman–Crippen MR) is 120 cm³/mol. The molecule has 0 aromatic heterocycles.